The molecule has 2 N–H and O–H groups in total. The SMILES string of the molecule is CN=C(NCCOc1ccc(C)cc1)NCc1ccc(CN2CCN(C)CC2)cc1.I. The number of nitrogens with zero attached hydrogens (tertiary/aromatic N) is 3. The van der Waals surface area contributed by atoms with Crippen molar-refractivity contribution in [2.24, 2.45) is 4.99 Å². The van der Waals surface area contributed by atoms with E-state index >= 15 is 0 Å². The molecule has 1 heterocycles. The highest BCUT2D eigenvalue weighted by atomic mass is 127. The topological polar surface area (TPSA) is 52.1 Å². The Hall–Kier alpha value is -1.84. The Kier molecular flexibility index (Phi) is 11.1. The molecule has 170 valence electrons. The Morgan fingerprint density at radius 1 is 0.935 bits per heavy atom. The van der Waals surface area contributed by atoms with Crippen molar-refractivity contribution in [1.82, 2.24) is 20.4 Å². The van der Waals surface area contributed by atoms with Gasteiger partial charge in [0.1, 0.15) is 12.4 Å². The molecule has 0 spiro atoms. The summed E-state index contributed by atoms with van der Waals surface area (Å²) in [7, 11) is 3.98. The molecule has 31 heavy (non-hydrogen) atoms. The molecule has 0 aromatic heterocycles. The summed E-state index contributed by atoms with van der Waals surface area (Å²) in [6.07, 6.45) is 0. The number of rotatable bonds is 8. The lowest BCUT2D eigenvalue weighted by atomic mass is 10.1. The smallest absolute Gasteiger partial charge is 0.191 e. The van der Waals surface area contributed by atoms with E-state index in [-0.39, 0.29) is 24.0 Å². The van der Waals surface area contributed by atoms with Gasteiger partial charge in [0.2, 0.25) is 0 Å². The number of aliphatic imine (C=N–C) groups is 1. The van der Waals surface area contributed by atoms with Crippen molar-refractivity contribution in [3.63, 3.8) is 0 Å². The number of aryl methyl sites for hydroxylation is 1. The highest BCUT2D eigenvalue weighted by molar-refractivity contribution is 14.0. The number of guanidine groups is 1. The number of benzene rings is 2. The van der Waals surface area contributed by atoms with Gasteiger partial charge in [-0.05, 0) is 37.2 Å². The minimum Gasteiger partial charge on any atom is -0.492 e. The summed E-state index contributed by atoms with van der Waals surface area (Å²) >= 11 is 0. The van der Waals surface area contributed by atoms with E-state index in [0.29, 0.717) is 13.2 Å². The van der Waals surface area contributed by atoms with Crippen LogP contribution >= 0.6 is 24.0 Å². The maximum absolute atomic E-state index is 5.75. The summed E-state index contributed by atoms with van der Waals surface area (Å²) < 4.78 is 5.75. The molecule has 6 nitrogen and oxygen atoms in total. The average Bonchev–Trinajstić information content (AvgIpc) is 2.77. The van der Waals surface area contributed by atoms with Crippen LogP contribution in [0.15, 0.2) is 53.5 Å². The fraction of sp³-hybridized carbons (Fsp3) is 0.458. The normalized spacial score (nSPS) is 15.3. The minimum atomic E-state index is 0. The first-order valence-electron chi connectivity index (χ1n) is 10.7. The molecule has 2 aromatic rings. The minimum absolute atomic E-state index is 0. The highest BCUT2D eigenvalue weighted by Crippen LogP contribution is 2.11. The average molecular weight is 537 g/mol. The van der Waals surface area contributed by atoms with E-state index in [2.05, 4.69) is 75.8 Å². The standard InChI is InChI=1S/C24H35N5O.HI/c1-20-4-10-23(11-5-20)30-17-12-26-24(25-2)27-18-21-6-8-22(9-7-21)19-29-15-13-28(3)14-16-29;/h4-11H,12-19H2,1-3H3,(H2,25,26,27);1H. The lowest BCUT2D eigenvalue weighted by Crippen LogP contribution is -2.43. The molecular formula is C24H36IN5O. The van der Waals surface area contributed by atoms with E-state index in [0.717, 1.165) is 51.0 Å². The largest absolute Gasteiger partial charge is 0.492 e. The molecule has 0 aliphatic carbocycles. The van der Waals surface area contributed by atoms with Crippen LogP contribution in [0.2, 0.25) is 0 Å². The van der Waals surface area contributed by atoms with Crippen LogP contribution in [0.5, 0.6) is 5.75 Å². The van der Waals surface area contributed by atoms with Crippen molar-refractivity contribution < 1.29 is 4.74 Å². The van der Waals surface area contributed by atoms with Crippen molar-refractivity contribution in [1.29, 1.82) is 0 Å². The van der Waals surface area contributed by atoms with Crippen molar-refractivity contribution in [3.05, 3.63) is 65.2 Å². The van der Waals surface area contributed by atoms with Gasteiger partial charge in [-0.3, -0.25) is 9.89 Å². The number of hydrogen-bond acceptors (Lipinski definition) is 4. The van der Waals surface area contributed by atoms with Gasteiger partial charge in [-0.1, -0.05) is 42.0 Å². The third kappa shape index (κ3) is 9.04. The second kappa shape index (κ2) is 13.5. The molecule has 1 saturated heterocycles. The molecule has 2 aromatic carbocycles. The van der Waals surface area contributed by atoms with E-state index < -0.39 is 0 Å². The number of hydrogen-bond donors (Lipinski definition) is 2. The zero-order valence-corrected chi connectivity index (χ0v) is 21.3. The molecular weight excluding hydrogens is 501 g/mol. The Bertz CT molecular complexity index is 787. The molecule has 1 fully saturated rings. The Labute approximate surface area is 204 Å². The first kappa shape index (κ1) is 25.4. The zero-order chi connectivity index (χ0) is 21.2. The molecule has 1 aliphatic heterocycles. The number of nitrogens with one attached hydrogen (secondary N) is 2. The van der Waals surface area contributed by atoms with Gasteiger partial charge in [0, 0.05) is 46.3 Å². The predicted octanol–water partition coefficient (Wildman–Crippen LogP) is 3.10. The van der Waals surface area contributed by atoms with Crippen LogP contribution in [-0.2, 0) is 13.1 Å². The number of ether oxygens (including phenoxy) is 1. The lowest BCUT2D eigenvalue weighted by molar-refractivity contribution is 0.148. The van der Waals surface area contributed by atoms with Crippen LogP contribution in [0.1, 0.15) is 16.7 Å². The van der Waals surface area contributed by atoms with E-state index in [1.54, 1.807) is 7.05 Å². The van der Waals surface area contributed by atoms with Crippen LogP contribution in [0.25, 0.3) is 0 Å². The first-order chi connectivity index (χ1) is 14.6. The lowest BCUT2D eigenvalue weighted by Gasteiger charge is -2.32. The molecule has 1 aliphatic rings. The molecule has 0 saturated carbocycles. The van der Waals surface area contributed by atoms with Gasteiger partial charge in [-0.2, -0.15) is 0 Å². The molecule has 3 rings (SSSR count). The van der Waals surface area contributed by atoms with Gasteiger partial charge in [-0.25, -0.2) is 0 Å². The molecule has 7 heteroatoms. The van der Waals surface area contributed by atoms with Gasteiger partial charge >= 0.3 is 0 Å². The van der Waals surface area contributed by atoms with Crippen molar-refractivity contribution in [3.8, 4) is 5.75 Å². The Balaban J connectivity index is 0.00000341. The van der Waals surface area contributed by atoms with Crippen molar-refractivity contribution >= 4 is 29.9 Å². The van der Waals surface area contributed by atoms with Crippen molar-refractivity contribution in [2.75, 3.05) is 53.4 Å². The quantitative estimate of drug-likeness (QED) is 0.235. The zero-order valence-electron chi connectivity index (χ0n) is 18.9. The van der Waals surface area contributed by atoms with Gasteiger partial charge in [0.25, 0.3) is 0 Å². The fourth-order valence-corrected chi connectivity index (χ4v) is 3.41. The summed E-state index contributed by atoms with van der Waals surface area (Å²) in [6.45, 7) is 9.74. The summed E-state index contributed by atoms with van der Waals surface area (Å²) in [5.41, 5.74) is 3.85. The number of piperazine rings is 1. The van der Waals surface area contributed by atoms with Crippen LogP contribution in [0.4, 0.5) is 0 Å². The maximum Gasteiger partial charge on any atom is 0.191 e. The van der Waals surface area contributed by atoms with Gasteiger partial charge < -0.3 is 20.3 Å². The molecule has 0 radical (unpaired) electrons. The van der Waals surface area contributed by atoms with Crippen LogP contribution in [0.3, 0.4) is 0 Å². The van der Waals surface area contributed by atoms with Gasteiger partial charge in [-0.15, -0.1) is 24.0 Å². The van der Waals surface area contributed by atoms with Crippen LogP contribution in [-0.4, -0.2) is 69.2 Å². The second-order valence-electron chi connectivity index (χ2n) is 7.91. The van der Waals surface area contributed by atoms with E-state index in [1.807, 2.05) is 12.1 Å². The fourth-order valence-electron chi connectivity index (χ4n) is 3.41. The summed E-state index contributed by atoms with van der Waals surface area (Å²) in [5.74, 6) is 1.67. The van der Waals surface area contributed by atoms with E-state index in [1.165, 1.54) is 16.7 Å². The Morgan fingerprint density at radius 3 is 2.23 bits per heavy atom. The van der Waals surface area contributed by atoms with Crippen LogP contribution in [0, 0.1) is 6.92 Å². The third-order valence-corrected chi connectivity index (χ3v) is 5.39. The number of halogens is 1. The van der Waals surface area contributed by atoms with Gasteiger partial charge in [0.05, 0.1) is 6.54 Å². The third-order valence-electron chi connectivity index (χ3n) is 5.39. The molecule has 0 atom stereocenters. The van der Waals surface area contributed by atoms with Crippen molar-refractivity contribution in [2.45, 2.75) is 20.0 Å². The van der Waals surface area contributed by atoms with Gasteiger partial charge in [0.15, 0.2) is 5.96 Å². The Morgan fingerprint density at radius 2 is 1.58 bits per heavy atom. The molecule has 0 amide bonds. The molecule has 0 unspecified atom stereocenters. The summed E-state index contributed by atoms with van der Waals surface area (Å²) in [5, 5.41) is 6.66. The first-order valence-corrected chi connectivity index (χ1v) is 10.7. The second-order valence-corrected chi connectivity index (χ2v) is 7.91. The maximum atomic E-state index is 5.75. The predicted molar refractivity (Wildman–Crippen MR) is 140 cm³/mol. The summed E-state index contributed by atoms with van der Waals surface area (Å²) in [6, 6.07) is 17.0. The summed E-state index contributed by atoms with van der Waals surface area (Å²) in [4.78, 5) is 9.20. The monoisotopic (exact) mass is 537 g/mol. The molecule has 0 bridgehead atoms. The van der Waals surface area contributed by atoms with Crippen LogP contribution < -0.4 is 15.4 Å². The van der Waals surface area contributed by atoms with E-state index in [9.17, 15) is 0 Å². The van der Waals surface area contributed by atoms with E-state index in [4.69, 9.17) is 4.74 Å². The highest BCUT2D eigenvalue weighted by Gasteiger charge is 2.13. The number of likely N-dealkylation sites (N-methyl/N-ethyl adjacent to an activating group) is 1.